The van der Waals surface area contributed by atoms with Crippen molar-refractivity contribution in [3.8, 4) is 0 Å². The zero-order chi connectivity index (χ0) is 31.4. The number of nitro groups is 2. The van der Waals surface area contributed by atoms with Crippen molar-refractivity contribution in [2.45, 2.75) is 79.1 Å². The Morgan fingerprint density at radius 3 is 1.56 bits per heavy atom. The summed E-state index contributed by atoms with van der Waals surface area (Å²) in [6.45, 7) is 15.0. The van der Waals surface area contributed by atoms with Gasteiger partial charge in [-0.25, -0.2) is 0 Å². The number of hydrogen-bond donors (Lipinski definition) is 2. The van der Waals surface area contributed by atoms with Crippen LogP contribution in [0.1, 0.15) is 89.4 Å². The molecule has 0 aliphatic carbocycles. The highest BCUT2D eigenvalue weighted by atomic mass is 32.1. The fraction of sp³-hybridized carbons (Fsp3) is 0.533. The summed E-state index contributed by atoms with van der Waals surface area (Å²) in [6, 6.07) is 11.3. The van der Waals surface area contributed by atoms with E-state index >= 15 is 0 Å². The third-order valence-corrected chi connectivity index (χ3v) is 6.99. The van der Waals surface area contributed by atoms with Crippen LogP contribution in [-0.4, -0.2) is 57.1 Å². The first-order valence-corrected chi connectivity index (χ1v) is 15.2. The molecule has 0 unspecified atom stereocenters. The van der Waals surface area contributed by atoms with Gasteiger partial charge in [-0.2, -0.15) is 0 Å². The Morgan fingerprint density at radius 1 is 0.767 bits per heavy atom. The molecule has 0 heterocycles. The number of nitro benzene ring substituents is 2. The number of nitrogens with zero attached hydrogens (tertiary/aromatic N) is 4. The van der Waals surface area contributed by atoms with Gasteiger partial charge < -0.3 is 28.0 Å². The van der Waals surface area contributed by atoms with Gasteiger partial charge in [0.05, 0.1) is 53.3 Å². The summed E-state index contributed by atoms with van der Waals surface area (Å²) in [5, 5.41) is 21.6. The second-order valence-electron chi connectivity index (χ2n) is 10.2. The predicted octanol–water partition coefficient (Wildman–Crippen LogP) is 6.15. The number of benzene rings is 2. The van der Waals surface area contributed by atoms with Crippen molar-refractivity contribution in [3.63, 3.8) is 0 Å². The van der Waals surface area contributed by atoms with Crippen LogP contribution in [0.3, 0.4) is 0 Å². The number of aliphatic imine (C=N–C) groups is 1. The molecule has 2 rings (SSSR count). The van der Waals surface area contributed by atoms with Crippen molar-refractivity contribution in [3.05, 3.63) is 74.3 Å². The first-order valence-electron chi connectivity index (χ1n) is 14.8. The van der Waals surface area contributed by atoms with Crippen LogP contribution in [0.2, 0.25) is 0 Å². The number of non-ortho nitro benzene ring substituents is 2. The van der Waals surface area contributed by atoms with E-state index in [1.807, 2.05) is 0 Å². The molecule has 0 saturated carbocycles. The lowest BCUT2D eigenvalue weighted by Crippen LogP contribution is -2.50. The Bertz CT molecular complexity index is 1080. The zero-order valence-electron chi connectivity index (χ0n) is 25.8. The molecule has 43 heavy (non-hydrogen) atoms. The molecular formula is C30H48N6O6S. The molecular weight excluding hydrogens is 572 g/mol. The third kappa shape index (κ3) is 15.4. The zero-order valence-corrected chi connectivity index (χ0v) is 26.7. The number of nitrogens with one attached hydrogen (secondary N) is 2. The lowest BCUT2D eigenvalue weighted by atomic mass is 10.1. The smallest absolute Gasteiger partial charge is 0.277 e. The first-order chi connectivity index (χ1) is 20.1. The SMILES string of the molecule is CCCC[N+](CCCC)(CCCC)CCCC.O.O=C(NNC([S-])=Nc1ccccc1)c1cc([N+](=O)[O-])cc([N+](=O)[O-])c1. The maximum Gasteiger partial charge on any atom is 0.277 e. The van der Waals surface area contributed by atoms with Gasteiger partial charge in [-0.05, 0) is 43.0 Å². The fourth-order valence-corrected chi connectivity index (χ4v) is 4.57. The second-order valence-corrected chi connectivity index (χ2v) is 10.6. The van der Waals surface area contributed by atoms with Crippen molar-refractivity contribution in [1.29, 1.82) is 0 Å². The van der Waals surface area contributed by atoms with Gasteiger partial charge in [-0.15, -0.1) is 0 Å². The van der Waals surface area contributed by atoms with Gasteiger partial charge in [-0.1, -0.05) is 71.6 Å². The molecule has 240 valence electrons. The number of hydrazine groups is 1. The summed E-state index contributed by atoms with van der Waals surface area (Å²) >= 11 is 4.93. The number of para-hydroxylation sites is 1. The van der Waals surface area contributed by atoms with E-state index in [-0.39, 0.29) is 16.2 Å². The van der Waals surface area contributed by atoms with Crippen LogP contribution in [0, 0.1) is 20.2 Å². The van der Waals surface area contributed by atoms with Gasteiger partial charge in [0.1, 0.15) is 0 Å². The van der Waals surface area contributed by atoms with Crippen molar-refractivity contribution in [2.75, 3.05) is 26.2 Å². The maximum atomic E-state index is 12.0. The summed E-state index contributed by atoms with van der Waals surface area (Å²) in [6.07, 6.45) is 11.1. The Labute approximate surface area is 260 Å². The number of unbranched alkanes of at least 4 members (excludes halogenated alkanes) is 4. The van der Waals surface area contributed by atoms with E-state index in [0.29, 0.717) is 5.69 Å². The second kappa shape index (κ2) is 21.9. The maximum absolute atomic E-state index is 12.0. The minimum absolute atomic E-state index is 0. The number of hydrogen-bond acceptors (Lipinski definition) is 7. The molecule has 4 N–H and O–H groups in total. The largest absolute Gasteiger partial charge is 0.741 e. The molecule has 0 aliphatic heterocycles. The van der Waals surface area contributed by atoms with Crippen LogP contribution in [0.25, 0.3) is 0 Å². The minimum atomic E-state index is -0.836. The standard InChI is InChI=1S/C16H36N.C14H11N5O5S.H2O/c1-5-9-13-17(14-10-6-2,15-11-7-3)16-12-8-4;20-13(16-17-14(25)15-10-4-2-1-3-5-10)9-6-11(18(21)22)8-12(7-9)19(23)24;/h5-16H2,1-4H3;1-8H,(H,16,20)(H2,15,17,25);1H2/q+1;;/p-1. The van der Waals surface area contributed by atoms with Crippen molar-refractivity contribution in [2.24, 2.45) is 4.99 Å². The Hall–Kier alpha value is -3.68. The Balaban J connectivity index is 0.000000865. The van der Waals surface area contributed by atoms with Gasteiger partial charge in [0.25, 0.3) is 17.3 Å². The highest BCUT2D eigenvalue weighted by Gasteiger charge is 2.24. The van der Waals surface area contributed by atoms with Gasteiger partial charge in [0, 0.05) is 12.1 Å². The average molecular weight is 621 g/mol. The molecule has 0 fully saturated rings. The highest BCUT2D eigenvalue weighted by Crippen LogP contribution is 2.22. The van der Waals surface area contributed by atoms with Gasteiger partial charge >= 0.3 is 0 Å². The molecule has 0 spiro atoms. The van der Waals surface area contributed by atoms with Gasteiger partial charge in [-0.3, -0.25) is 35.4 Å². The predicted molar refractivity (Wildman–Crippen MR) is 174 cm³/mol. The van der Waals surface area contributed by atoms with E-state index in [4.69, 9.17) is 12.6 Å². The molecule has 2 aromatic rings. The summed E-state index contributed by atoms with van der Waals surface area (Å²) < 4.78 is 1.42. The molecule has 12 nitrogen and oxygen atoms in total. The van der Waals surface area contributed by atoms with Crippen LogP contribution in [-0.2, 0) is 12.6 Å². The van der Waals surface area contributed by atoms with E-state index in [9.17, 15) is 25.0 Å². The van der Waals surface area contributed by atoms with E-state index in [1.54, 1.807) is 30.3 Å². The van der Waals surface area contributed by atoms with Crippen LogP contribution < -0.4 is 10.9 Å². The molecule has 0 aromatic heterocycles. The van der Waals surface area contributed by atoms with E-state index in [0.717, 1.165) is 18.2 Å². The molecule has 0 saturated heterocycles. The van der Waals surface area contributed by atoms with Gasteiger partial charge in [0.2, 0.25) is 0 Å². The normalized spacial score (nSPS) is 11.0. The van der Waals surface area contributed by atoms with E-state index in [1.165, 1.54) is 82.0 Å². The molecule has 2 aromatic carbocycles. The number of amides is 1. The number of carbonyl (C=O) groups is 1. The molecule has 13 heteroatoms. The summed E-state index contributed by atoms with van der Waals surface area (Å²) in [4.78, 5) is 36.0. The molecule has 1 amide bonds. The van der Waals surface area contributed by atoms with Crippen LogP contribution in [0.15, 0.2) is 53.5 Å². The highest BCUT2D eigenvalue weighted by molar-refractivity contribution is 7.77. The molecule has 0 bridgehead atoms. The average Bonchev–Trinajstić information content (AvgIpc) is 2.99. The summed E-state index contributed by atoms with van der Waals surface area (Å²) in [7, 11) is 0. The molecule has 0 radical (unpaired) electrons. The topological polar surface area (TPSA) is 171 Å². The van der Waals surface area contributed by atoms with Crippen molar-refractivity contribution in [1.82, 2.24) is 10.9 Å². The lowest BCUT2D eigenvalue weighted by Gasteiger charge is -2.39. The monoisotopic (exact) mass is 620 g/mol. The number of amidine groups is 1. The molecule has 0 atom stereocenters. The number of quaternary nitrogens is 1. The number of carbonyl (C=O) groups excluding carboxylic acids is 1. The minimum Gasteiger partial charge on any atom is -0.741 e. The van der Waals surface area contributed by atoms with E-state index < -0.39 is 27.1 Å². The molecule has 0 aliphatic rings. The van der Waals surface area contributed by atoms with E-state index in [2.05, 4.69) is 43.5 Å². The number of rotatable bonds is 16. The quantitative estimate of drug-likeness (QED) is 0.0565. The third-order valence-electron chi connectivity index (χ3n) is 6.80. The van der Waals surface area contributed by atoms with Crippen LogP contribution >= 0.6 is 0 Å². The fourth-order valence-electron chi connectivity index (χ4n) is 4.41. The van der Waals surface area contributed by atoms with Crippen LogP contribution in [0.4, 0.5) is 17.1 Å². The lowest BCUT2D eigenvalue weighted by molar-refractivity contribution is -0.929. The van der Waals surface area contributed by atoms with Crippen molar-refractivity contribution < 1.29 is 24.6 Å². The Morgan fingerprint density at radius 2 is 1.19 bits per heavy atom. The van der Waals surface area contributed by atoms with Crippen molar-refractivity contribution >= 4 is 40.8 Å². The van der Waals surface area contributed by atoms with Crippen LogP contribution in [0.5, 0.6) is 0 Å². The first kappa shape index (κ1) is 39.3. The Kier molecular flexibility index (Phi) is 20.1. The van der Waals surface area contributed by atoms with Gasteiger partial charge in [0.15, 0.2) is 0 Å². The summed E-state index contributed by atoms with van der Waals surface area (Å²) in [5.74, 6) is -0.836. The summed E-state index contributed by atoms with van der Waals surface area (Å²) in [5.41, 5.74) is 3.68.